The molecule has 2 heterocycles. The van der Waals surface area contributed by atoms with Crippen LogP contribution in [0.4, 0.5) is 5.69 Å². The molecule has 1 N–H and O–H groups in total. The maximum Gasteiger partial charge on any atom is 0.0557 e. The molecule has 17 heavy (non-hydrogen) atoms. The smallest absolute Gasteiger partial charge is 0.0557 e. The molecular weight excluding hydrogens is 212 g/mol. The normalized spacial score (nSPS) is 22.5. The highest BCUT2D eigenvalue weighted by atomic mass is 16.3. The summed E-state index contributed by atoms with van der Waals surface area (Å²) in [5.41, 5.74) is 2.32. The van der Waals surface area contributed by atoms with Gasteiger partial charge in [-0.3, -0.25) is 4.98 Å². The van der Waals surface area contributed by atoms with E-state index in [2.05, 4.69) is 28.9 Å². The van der Waals surface area contributed by atoms with Crippen molar-refractivity contribution in [1.82, 2.24) is 4.98 Å². The van der Waals surface area contributed by atoms with Crippen molar-refractivity contribution in [3.63, 3.8) is 0 Å². The summed E-state index contributed by atoms with van der Waals surface area (Å²) in [6, 6.07) is 4.25. The third-order valence-corrected chi connectivity index (χ3v) is 3.68. The molecule has 0 bridgehead atoms. The second-order valence-electron chi connectivity index (χ2n) is 4.95. The Labute approximate surface area is 103 Å². The van der Waals surface area contributed by atoms with Gasteiger partial charge in [-0.15, -0.1) is 0 Å². The van der Waals surface area contributed by atoms with Gasteiger partial charge in [-0.25, -0.2) is 0 Å². The first-order chi connectivity index (χ1) is 8.20. The van der Waals surface area contributed by atoms with Crippen molar-refractivity contribution < 1.29 is 5.11 Å². The molecule has 94 valence electrons. The third kappa shape index (κ3) is 2.97. The lowest BCUT2D eigenvalue weighted by atomic mass is 9.93. The number of aliphatic hydroxyl groups is 1. The molecule has 1 saturated heterocycles. The molecule has 0 radical (unpaired) electrons. The second-order valence-corrected chi connectivity index (χ2v) is 4.95. The first kappa shape index (κ1) is 12.4. The third-order valence-electron chi connectivity index (χ3n) is 3.68. The maximum atomic E-state index is 9.68. The van der Waals surface area contributed by atoms with Crippen molar-refractivity contribution in [2.75, 3.05) is 18.0 Å². The number of aliphatic hydroxyl groups excluding tert-OH is 1. The van der Waals surface area contributed by atoms with E-state index in [1.807, 2.05) is 13.1 Å². The maximum absolute atomic E-state index is 9.68. The van der Waals surface area contributed by atoms with Crippen molar-refractivity contribution in [3.05, 3.63) is 24.0 Å². The van der Waals surface area contributed by atoms with Crippen molar-refractivity contribution in [2.45, 2.75) is 39.2 Å². The minimum atomic E-state index is -0.208. The molecule has 0 spiro atoms. The molecule has 0 aliphatic carbocycles. The van der Waals surface area contributed by atoms with E-state index in [4.69, 9.17) is 0 Å². The van der Waals surface area contributed by atoms with Gasteiger partial charge in [0.1, 0.15) is 0 Å². The molecule has 3 heteroatoms. The molecule has 0 unspecified atom stereocenters. The molecule has 1 aliphatic rings. The zero-order valence-corrected chi connectivity index (χ0v) is 10.8. The summed E-state index contributed by atoms with van der Waals surface area (Å²) >= 11 is 0. The van der Waals surface area contributed by atoms with Crippen LogP contribution in [0.3, 0.4) is 0 Å². The number of rotatable bonds is 3. The number of anilines is 1. The summed E-state index contributed by atoms with van der Waals surface area (Å²) in [6.07, 6.45) is 5.03. The molecule has 1 fully saturated rings. The van der Waals surface area contributed by atoms with Gasteiger partial charge in [0.15, 0.2) is 0 Å². The van der Waals surface area contributed by atoms with E-state index in [0.717, 1.165) is 38.0 Å². The van der Waals surface area contributed by atoms with Crippen LogP contribution in [0.5, 0.6) is 0 Å². The van der Waals surface area contributed by atoms with Crippen LogP contribution < -0.4 is 4.90 Å². The van der Waals surface area contributed by atoms with Crippen LogP contribution in [0.1, 0.15) is 32.4 Å². The van der Waals surface area contributed by atoms with Gasteiger partial charge in [-0.1, -0.05) is 6.92 Å². The Balaban J connectivity index is 2.05. The second kappa shape index (κ2) is 5.50. The minimum Gasteiger partial charge on any atom is -0.393 e. The highest BCUT2D eigenvalue weighted by Crippen LogP contribution is 2.24. The van der Waals surface area contributed by atoms with Crippen LogP contribution in [0.2, 0.25) is 0 Å². The number of aryl methyl sites for hydroxylation is 1. The Hall–Kier alpha value is -1.09. The van der Waals surface area contributed by atoms with Gasteiger partial charge >= 0.3 is 0 Å². The standard InChI is InChI=1S/C14H22N2O/c1-3-13-6-7-14(9-15-13)16-8-4-5-12(10-16)11(2)17/h6-7,9,11-12,17H,3-5,8,10H2,1-2H3/t11-,12-/m1/s1. The van der Waals surface area contributed by atoms with Crippen LogP contribution in [-0.4, -0.2) is 29.3 Å². The van der Waals surface area contributed by atoms with Crippen LogP contribution in [-0.2, 0) is 6.42 Å². The monoisotopic (exact) mass is 234 g/mol. The molecule has 1 aromatic heterocycles. The first-order valence-corrected chi connectivity index (χ1v) is 6.58. The zero-order chi connectivity index (χ0) is 12.3. The fourth-order valence-electron chi connectivity index (χ4n) is 2.45. The lowest BCUT2D eigenvalue weighted by Gasteiger charge is -2.35. The van der Waals surface area contributed by atoms with Gasteiger partial charge in [0.2, 0.25) is 0 Å². The number of aromatic nitrogens is 1. The van der Waals surface area contributed by atoms with E-state index in [0.29, 0.717) is 5.92 Å². The molecule has 3 nitrogen and oxygen atoms in total. The fourth-order valence-corrected chi connectivity index (χ4v) is 2.45. The van der Waals surface area contributed by atoms with Crippen molar-refractivity contribution in [3.8, 4) is 0 Å². The Morgan fingerprint density at radius 3 is 2.94 bits per heavy atom. The Kier molecular flexibility index (Phi) is 4.00. The van der Waals surface area contributed by atoms with Crippen molar-refractivity contribution >= 4 is 5.69 Å². The summed E-state index contributed by atoms with van der Waals surface area (Å²) in [7, 11) is 0. The lowest BCUT2D eigenvalue weighted by molar-refractivity contribution is 0.115. The van der Waals surface area contributed by atoms with Crippen molar-refractivity contribution in [2.24, 2.45) is 5.92 Å². The lowest BCUT2D eigenvalue weighted by Crippen LogP contribution is -2.39. The molecule has 2 atom stereocenters. The van der Waals surface area contributed by atoms with Gasteiger partial charge in [0.25, 0.3) is 0 Å². The Bertz CT molecular complexity index is 348. The predicted octanol–water partition coefficient (Wildman–Crippen LogP) is 2.24. The average Bonchev–Trinajstić information content (AvgIpc) is 2.39. The summed E-state index contributed by atoms with van der Waals surface area (Å²) in [6.45, 7) is 6.04. The summed E-state index contributed by atoms with van der Waals surface area (Å²) < 4.78 is 0. The van der Waals surface area contributed by atoms with E-state index in [1.165, 1.54) is 5.69 Å². The molecule has 1 aliphatic heterocycles. The van der Waals surface area contributed by atoms with Gasteiger partial charge in [-0.05, 0) is 38.3 Å². The zero-order valence-electron chi connectivity index (χ0n) is 10.8. The molecule has 0 saturated carbocycles. The molecule has 2 rings (SSSR count). The van der Waals surface area contributed by atoms with E-state index < -0.39 is 0 Å². The van der Waals surface area contributed by atoms with E-state index >= 15 is 0 Å². The highest BCUT2D eigenvalue weighted by molar-refractivity contribution is 5.45. The summed E-state index contributed by atoms with van der Waals surface area (Å²) in [5.74, 6) is 0.398. The molecule has 0 aromatic carbocycles. The van der Waals surface area contributed by atoms with Crippen LogP contribution in [0.25, 0.3) is 0 Å². The van der Waals surface area contributed by atoms with E-state index in [-0.39, 0.29) is 6.10 Å². The van der Waals surface area contributed by atoms with Crippen molar-refractivity contribution in [1.29, 1.82) is 0 Å². The number of hydrogen-bond acceptors (Lipinski definition) is 3. The SMILES string of the molecule is CCc1ccc(N2CCC[C@@H]([C@@H](C)O)C2)cn1. The highest BCUT2D eigenvalue weighted by Gasteiger charge is 2.23. The molecular formula is C14H22N2O. The first-order valence-electron chi connectivity index (χ1n) is 6.58. The Morgan fingerprint density at radius 2 is 2.35 bits per heavy atom. The number of pyridine rings is 1. The predicted molar refractivity (Wildman–Crippen MR) is 70.2 cm³/mol. The van der Waals surface area contributed by atoms with E-state index in [9.17, 15) is 5.11 Å². The topological polar surface area (TPSA) is 36.4 Å². The largest absolute Gasteiger partial charge is 0.393 e. The number of piperidine rings is 1. The van der Waals surface area contributed by atoms with Crippen LogP contribution >= 0.6 is 0 Å². The summed E-state index contributed by atoms with van der Waals surface area (Å²) in [5, 5.41) is 9.68. The van der Waals surface area contributed by atoms with Gasteiger partial charge < -0.3 is 10.0 Å². The molecule has 1 aromatic rings. The van der Waals surface area contributed by atoms with Gasteiger partial charge in [-0.2, -0.15) is 0 Å². The quantitative estimate of drug-likeness (QED) is 0.871. The fraction of sp³-hybridized carbons (Fsp3) is 0.643. The number of nitrogens with zero attached hydrogens (tertiary/aromatic N) is 2. The van der Waals surface area contributed by atoms with Crippen LogP contribution in [0, 0.1) is 5.92 Å². The average molecular weight is 234 g/mol. The molecule has 0 amide bonds. The van der Waals surface area contributed by atoms with Crippen LogP contribution in [0.15, 0.2) is 18.3 Å². The van der Waals surface area contributed by atoms with Gasteiger partial charge in [0, 0.05) is 24.7 Å². The van der Waals surface area contributed by atoms with E-state index in [1.54, 1.807) is 0 Å². The Morgan fingerprint density at radius 1 is 1.53 bits per heavy atom. The minimum absolute atomic E-state index is 0.208. The van der Waals surface area contributed by atoms with Gasteiger partial charge in [0.05, 0.1) is 18.0 Å². The summed E-state index contributed by atoms with van der Waals surface area (Å²) in [4.78, 5) is 6.78. The number of hydrogen-bond donors (Lipinski definition) is 1.